The molecule has 0 aromatic carbocycles. The molecule has 0 radical (unpaired) electrons. The summed E-state index contributed by atoms with van der Waals surface area (Å²) in [5.41, 5.74) is 0.0232. The molecule has 5 nitrogen and oxygen atoms in total. The van der Waals surface area contributed by atoms with Crippen molar-refractivity contribution in [2.45, 2.75) is 38.8 Å². The van der Waals surface area contributed by atoms with Crippen LogP contribution in [0.25, 0.3) is 0 Å². The first-order valence-corrected chi connectivity index (χ1v) is 9.97. The maximum Gasteiger partial charge on any atom is 0.248 e. The van der Waals surface area contributed by atoms with Gasteiger partial charge >= 0.3 is 0 Å². The summed E-state index contributed by atoms with van der Waals surface area (Å²) < 4.78 is 12.0. The summed E-state index contributed by atoms with van der Waals surface area (Å²) in [7, 11) is 3.53. The van der Waals surface area contributed by atoms with Gasteiger partial charge in [-0.05, 0) is 38.3 Å². The minimum atomic E-state index is 0.0198. The molecule has 6 heteroatoms. The Kier molecular flexibility index (Phi) is 6.15. The minimum absolute atomic E-state index is 0.0198. The number of amides is 1. The largest absolute Gasteiger partial charge is 0.377 e. The fraction of sp³-hybridized carbons (Fsp3) is 0.737. The van der Waals surface area contributed by atoms with Crippen LogP contribution in [0.15, 0.2) is 12.1 Å². The van der Waals surface area contributed by atoms with Crippen LogP contribution in [0.3, 0.4) is 0 Å². The van der Waals surface area contributed by atoms with Gasteiger partial charge in [0, 0.05) is 55.5 Å². The van der Waals surface area contributed by atoms with Crippen LogP contribution in [-0.2, 0) is 20.8 Å². The third-order valence-corrected chi connectivity index (χ3v) is 6.34. The van der Waals surface area contributed by atoms with Crippen LogP contribution in [-0.4, -0.2) is 68.8 Å². The average molecular weight is 367 g/mol. The van der Waals surface area contributed by atoms with Crippen LogP contribution in [0, 0.1) is 12.3 Å². The summed E-state index contributed by atoms with van der Waals surface area (Å²) in [4.78, 5) is 18.7. The van der Waals surface area contributed by atoms with Crippen molar-refractivity contribution in [3.05, 3.63) is 21.9 Å². The fourth-order valence-electron chi connectivity index (χ4n) is 3.99. The Morgan fingerprint density at radius 1 is 1.48 bits per heavy atom. The topological polar surface area (TPSA) is 42.0 Å². The number of carbonyl (C=O) groups is 1. The highest BCUT2D eigenvalue weighted by Crippen LogP contribution is 2.41. The monoisotopic (exact) mass is 366 g/mol. The molecule has 0 bridgehead atoms. The van der Waals surface area contributed by atoms with E-state index in [9.17, 15) is 4.79 Å². The first kappa shape index (κ1) is 18.8. The van der Waals surface area contributed by atoms with Crippen molar-refractivity contribution in [2.24, 2.45) is 5.41 Å². The number of piperidine rings is 1. The Labute approximate surface area is 154 Å². The first-order chi connectivity index (χ1) is 12.0. The summed E-state index contributed by atoms with van der Waals surface area (Å²) in [6, 6.07) is 4.44. The summed E-state index contributed by atoms with van der Waals surface area (Å²) in [6.45, 7) is 6.84. The van der Waals surface area contributed by atoms with Gasteiger partial charge in [-0.1, -0.05) is 0 Å². The van der Waals surface area contributed by atoms with E-state index < -0.39 is 0 Å². The molecule has 3 rings (SSSR count). The quantitative estimate of drug-likeness (QED) is 0.776. The van der Waals surface area contributed by atoms with Crippen LogP contribution in [0.4, 0.5) is 0 Å². The van der Waals surface area contributed by atoms with Gasteiger partial charge in [0.15, 0.2) is 0 Å². The number of likely N-dealkylation sites (N-methyl/N-ethyl adjacent to an activating group) is 1. The SMILES string of the molecule is Cc1ccc(CN2CC[C@@H]3OCCC[C@@]3(COCC(=O)N(C)C)C2)s1. The normalized spacial score (nSPS) is 27.1. The second kappa shape index (κ2) is 8.16. The highest BCUT2D eigenvalue weighted by molar-refractivity contribution is 7.11. The molecule has 0 N–H and O–H groups in total. The minimum Gasteiger partial charge on any atom is -0.377 e. The predicted octanol–water partition coefficient (Wildman–Crippen LogP) is 2.53. The zero-order valence-electron chi connectivity index (χ0n) is 15.6. The highest BCUT2D eigenvalue weighted by Gasteiger charge is 2.46. The highest BCUT2D eigenvalue weighted by atomic mass is 32.1. The fourth-order valence-corrected chi connectivity index (χ4v) is 4.92. The van der Waals surface area contributed by atoms with Crippen LogP contribution in [0.2, 0.25) is 0 Å². The van der Waals surface area contributed by atoms with Gasteiger partial charge in [-0.25, -0.2) is 0 Å². The summed E-state index contributed by atoms with van der Waals surface area (Å²) in [5, 5.41) is 0. The Bertz CT molecular complexity index is 589. The third kappa shape index (κ3) is 4.61. The molecule has 2 fully saturated rings. The van der Waals surface area contributed by atoms with Gasteiger partial charge < -0.3 is 14.4 Å². The van der Waals surface area contributed by atoms with E-state index in [2.05, 4.69) is 24.0 Å². The molecule has 2 aliphatic rings. The van der Waals surface area contributed by atoms with Gasteiger partial charge in [-0.3, -0.25) is 9.69 Å². The molecule has 0 saturated carbocycles. The van der Waals surface area contributed by atoms with E-state index in [1.165, 1.54) is 9.75 Å². The number of likely N-dealkylation sites (tertiary alicyclic amines) is 1. The van der Waals surface area contributed by atoms with Crippen molar-refractivity contribution in [3.8, 4) is 0 Å². The Morgan fingerprint density at radius 2 is 2.32 bits per heavy atom. The van der Waals surface area contributed by atoms with Crippen molar-refractivity contribution in [3.63, 3.8) is 0 Å². The smallest absolute Gasteiger partial charge is 0.248 e. The molecule has 3 heterocycles. The molecule has 1 amide bonds. The van der Waals surface area contributed by atoms with Crippen molar-refractivity contribution in [1.29, 1.82) is 0 Å². The lowest BCUT2D eigenvalue weighted by Crippen LogP contribution is -2.56. The summed E-state index contributed by atoms with van der Waals surface area (Å²) in [5.74, 6) is 0.0198. The van der Waals surface area contributed by atoms with Crippen molar-refractivity contribution >= 4 is 17.2 Å². The van der Waals surface area contributed by atoms with E-state index >= 15 is 0 Å². The number of thiophene rings is 1. The maximum atomic E-state index is 11.8. The molecule has 140 valence electrons. The van der Waals surface area contributed by atoms with Gasteiger partial charge in [-0.2, -0.15) is 0 Å². The molecule has 2 atom stereocenters. The molecule has 2 saturated heterocycles. The predicted molar refractivity (Wildman–Crippen MR) is 99.9 cm³/mol. The van der Waals surface area contributed by atoms with Crippen LogP contribution in [0.1, 0.15) is 29.0 Å². The number of ether oxygens (including phenoxy) is 2. The summed E-state index contributed by atoms with van der Waals surface area (Å²) >= 11 is 1.88. The molecule has 0 aliphatic carbocycles. The molecule has 1 aromatic rings. The molecule has 1 aromatic heterocycles. The van der Waals surface area contributed by atoms with Crippen molar-refractivity contribution in [2.75, 3.05) is 47.0 Å². The number of hydrogen-bond donors (Lipinski definition) is 0. The van der Waals surface area contributed by atoms with Gasteiger partial charge in [0.1, 0.15) is 6.61 Å². The molecular formula is C19H30N2O3S. The summed E-state index contributed by atoms with van der Waals surface area (Å²) in [6.07, 6.45) is 3.51. The third-order valence-electron chi connectivity index (χ3n) is 5.36. The number of rotatable bonds is 6. The van der Waals surface area contributed by atoms with Crippen LogP contribution < -0.4 is 0 Å². The number of hydrogen-bond acceptors (Lipinski definition) is 5. The molecule has 0 unspecified atom stereocenters. The van der Waals surface area contributed by atoms with Gasteiger partial charge in [0.2, 0.25) is 5.91 Å². The number of aryl methyl sites for hydroxylation is 1. The lowest BCUT2D eigenvalue weighted by Gasteiger charge is -2.50. The van der Waals surface area contributed by atoms with Gasteiger partial charge in [0.05, 0.1) is 12.7 Å². The van der Waals surface area contributed by atoms with E-state index in [0.717, 1.165) is 45.5 Å². The number of fused-ring (bicyclic) bond motifs is 1. The zero-order chi connectivity index (χ0) is 17.9. The van der Waals surface area contributed by atoms with E-state index in [-0.39, 0.29) is 24.0 Å². The number of nitrogens with zero attached hydrogens (tertiary/aromatic N) is 2. The van der Waals surface area contributed by atoms with Gasteiger partial charge in [0.25, 0.3) is 0 Å². The molecule has 25 heavy (non-hydrogen) atoms. The van der Waals surface area contributed by atoms with E-state index in [1.54, 1.807) is 19.0 Å². The average Bonchev–Trinajstić information content (AvgIpc) is 2.99. The first-order valence-electron chi connectivity index (χ1n) is 9.16. The van der Waals surface area contributed by atoms with Crippen LogP contribution in [0.5, 0.6) is 0 Å². The second-order valence-corrected chi connectivity index (χ2v) is 8.99. The molecule has 2 aliphatic heterocycles. The zero-order valence-corrected chi connectivity index (χ0v) is 16.4. The number of carbonyl (C=O) groups excluding carboxylic acids is 1. The molecular weight excluding hydrogens is 336 g/mol. The Hall–Kier alpha value is -0.950. The van der Waals surface area contributed by atoms with Crippen molar-refractivity contribution in [1.82, 2.24) is 9.80 Å². The van der Waals surface area contributed by atoms with Crippen LogP contribution >= 0.6 is 11.3 Å². The lowest BCUT2D eigenvalue weighted by atomic mass is 9.73. The van der Waals surface area contributed by atoms with E-state index in [1.807, 2.05) is 11.3 Å². The Balaban J connectivity index is 1.62. The van der Waals surface area contributed by atoms with E-state index in [0.29, 0.717) is 6.61 Å². The van der Waals surface area contributed by atoms with Gasteiger partial charge in [-0.15, -0.1) is 11.3 Å². The lowest BCUT2D eigenvalue weighted by molar-refractivity contribution is -0.160. The maximum absolute atomic E-state index is 11.8. The van der Waals surface area contributed by atoms with Crippen molar-refractivity contribution < 1.29 is 14.3 Å². The van der Waals surface area contributed by atoms with E-state index in [4.69, 9.17) is 9.47 Å². The molecule has 0 spiro atoms. The second-order valence-electron chi connectivity index (χ2n) is 7.62. The standard InChI is InChI=1S/C19H30N2O3S/c1-15-5-6-16(25-15)11-21-9-7-17-19(13-21,8-4-10-24-17)14-23-12-18(22)20(2)3/h5-6,17H,4,7-14H2,1-3H3/t17-,19-/m0/s1. The Morgan fingerprint density at radius 3 is 3.04 bits per heavy atom.